The molecule has 0 saturated carbocycles. The molecule has 0 aliphatic carbocycles. The van der Waals surface area contributed by atoms with Gasteiger partial charge in [-0.05, 0) is 43.0 Å². The van der Waals surface area contributed by atoms with Gasteiger partial charge >= 0.3 is 6.03 Å². The lowest BCUT2D eigenvalue weighted by atomic mass is 9.93. The molecule has 3 amide bonds. The number of urea groups is 1. The SMILES string of the molecule is CC1(CCc2ccccc2)NC(=O)N(Cc2ccc(Br)cc2)C1=O. The number of rotatable bonds is 5. The molecule has 1 aliphatic heterocycles. The van der Waals surface area contributed by atoms with E-state index in [9.17, 15) is 9.59 Å². The number of benzene rings is 2. The lowest BCUT2D eigenvalue weighted by molar-refractivity contribution is -0.131. The highest BCUT2D eigenvalue weighted by Gasteiger charge is 2.47. The summed E-state index contributed by atoms with van der Waals surface area (Å²) in [7, 11) is 0. The van der Waals surface area contributed by atoms with Crippen molar-refractivity contribution in [3.8, 4) is 0 Å². The summed E-state index contributed by atoms with van der Waals surface area (Å²) in [6.07, 6.45) is 1.33. The molecule has 1 heterocycles. The van der Waals surface area contributed by atoms with Gasteiger partial charge in [0.2, 0.25) is 0 Å². The fraction of sp³-hybridized carbons (Fsp3) is 0.263. The summed E-state index contributed by atoms with van der Waals surface area (Å²) in [4.78, 5) is 26.3. The standard InChI is InChI=1S/C19H19BrN2O2/c1-19(12-11-14-5-3-2-4-6-14)17(23)22(18(24)21-19)13-15-7-9-16(20)10-8-15/h2-10H,11-13H2,1H3,(H,21,24). The molecule has 0 spiro atoms. The first-order valence-corrected chi connectivity index (χ1v) is 8.70. The Bertz CT molecular complexity index is 746. The number of amides is 3. The zero-order valence-electron chi connectivity index (χ0n) is 13.5. The third-order valence-corrected chi connectivity index (χ3v) is 4.88. The number of carbonyl (C=O) groups excluding carboxylic acids is 2. The first kappa shape index (κ1) is 16.7. The molecule has 5 heteroatoms. The van der Waals surface area contributed by atoms with Crippen LogP contribution in [-0.2, 0) is 17.8 Å². The number of halogens is 1. The van der Waals surface area contributed by atoms with Crippen molar-refractivity contribution in [3.63, 3.8) is 0 Å². The molecule has 3 rings (SSSR count). The van der Waals surface area contributed by atoms with E-state index >= 15 is 0 Å². The largest absolute Gasteiger partial charge is 0.325 e. The Morgan fingerprint density at radius 3 is 2.33 bits per heavy atom. The van der Waals surface area contributed by atoms with E-state index in [-0.39, 0.29) is 11.9 Å². The van der Waals surface area contributed by atoms with Crippen LogP contribution in [0.2, 0.25) is 0 Å². The second-order valence-corrected chi connectivity index (χ2v) is 7.18. The minimum Gasteiger partial charge on any atom is -0.323 e. The van der Waals surface area contributed by atoms with Gasteiger partial charge in [0.15, 0.2) is 0 Å². The van der Waals surface area contributed by atoms with Crippen molar-refractivity contribution >= 4 is 27.9 Å². The number of nitrogens with one attached hydrogen (secondary N) is 1. The van der Waals surface area contributed by atoms with E-state index in [2.05, 4.69) is 21.2 Å². The highest BCUT2D eigenvalue weighted by molar-refractivity contribution is 9.10. The molecule has 124 valence electrons. The highest BCUT2D eigenvalue weighted by atomic mass is 79.9. The summed E-state index contributed by atoms with van der Waals surface area (Å²) >= 11 is 3.38. The minimum absolute atomic E-state index is 0.161. The molecule has 4 nitrogen and oxygen atoms in total. The third kappa shape index (κ3) is 3.51. The van der Waals surface area contributed by atoms with E-state index in [0.29, 0.717) is 13.0 Å². The molecule has 1 aliphatic rings. The van der Waals surface area contributed by atoms with Crippen LogP contribution in [0.3, 0.4) is 0 Å². The van der Waals surface area contributed by atoms with Crippen LogP contribution in [0.4, 0.5) is 4.79 Å². The molecule has 1 N–H and O–H groups in total. The summed E-state index contributed by atoms with van der Waals surface area (Å²) in [5.74, 6) is -0.161. The van der Waals surface area contributed by atoms with Gasteiger partial charge in [0.05, 0.1) is 6.54 Å². The van der Waals surface area contributed by atoms with Gasteiger partial charge in [0.25, 0.3) is 5.91 Å². The number of carbonyl (C=O) groups is 2. The van der Waals surface area contributed by atoms with Crippen LogP contribution >= 0.6 is 15.9 Å². The van der Waals surface area contributed by atoms with Crippen LogP contribution < -0.4 is 5.32 Å². The molecule has 2 aromatic rings. The molecule has 0 radical (unpaired) electrons. The third-order valence-electron chi connectivity index (χ3n) is 4.36. The van der Waals surface area contributed by atoms with Crippen molar-refractivity contribution in [2.75, 3.05) is 0 Å². The molecule has 2 aromatic carbocycles. The second-order valence-electron chi connectivity index (χ2n) is 6.27. The van der Waals surface area contributed by atoms with E-state index in [4.69, 9.17) is 0 Å². The van der Waals surface area contributed by atoms with Gasteiger partial charge < -0.3 is 5.32 Å². The molecule has 0 bridgehead atoms. The van der Waals surface area contributed by atoms with Crippen molar-refractivity contribution in [3.05, 3.63) is 70.2 Å². The van der Waals surface area contributed by atoms with E-state index < -0.39 is 5.54 Å². The average Bonchev–Trinajstić information content (AvgIpc) is 2.80. The number of hydrogen-bond donors (Lipinski definition) is 1. The Kier molecular flexibility index (Phi) is 4.71. The number of nitrogens with zero attached hydrogens (tertiary/aromatic N) is 1. The molecule has 1 unspecified atom stereocenters. The van der Waals surface area contributed by atoms with Crippen molar-refractivity contribution in [2.45, 2.75) is 31.8 Å². The van der Waals surface area contributed by atoms with Gasteiger partial charge in [0, 0.05) is 4.47 Å². The molecular weight excluding hydrogens is 368 g/mol. The van der Waals surface area contributed by atoms with E-state index in [0.717, 1.165) is 22.0 Å². The van der Waals surface area contributed by atoms with Crippen molar-refractivity contribution in [2.24, 2.45) is 0 Å². The molecule has 24 heavy (non-hydrogen) atoms. The predicted molar refractivity (Wildman–Crippen MR) is 96.4 cm³/mol. The average molecular weight is 387 g/mol. The summed E-state index contributed by atoms with van der Waals surface area (Å²) in [6, 6.07) is 17.3. The zero-order chi connectivity index (χ0) is 17.2. The minimum atomic E-state index is -0.845. The molecule has 1 saturated heterocycles. The monoisotopic (exact) mass is 386 g/mol. The molecule has 0 aromatic heterocycles. The summed E-state index contributed by atoms with van der Waals surface area (Å²) in [5.41, 5.74) is 1.24. The van der Waals surface area contributed by atoms with Crippen LogP contribution in [-0.4, -0.2) is 22.4 Å². The number of hydrogen-bond acceptors (Lipinski definition) is 2. The maximum Gasteiger partial charge on any atom is 0.325 e. The van der Waals surface area contributed by atoms with Crippen LogP contribution in [0.25, 0.3) is 0 Å². The Balaban J connectivity index is 1.69. The lowest BCUT2D eigenvalue weighted by Crippen LogP contribution is -2.44. The topological polar surface area (TPSA) is 49.4 Å². The van der Waals surface area contributed by atoms with Gasteiger partial charge in [-0.25, -0.2) is 4.79 Å². The fourth-order valence-corrected chi connectivity index (χ4v) is 3.14. The molecule has 1 fully saturated rings. The first-order valence-electron chi connectivity index (χ1n) is 7.90. The normalized spacial score (nSPS) is 20.3. The zero-order valence-corrected chi connectivity index (χ0v) is 15.0. The van der Waals surface area contributed by atoms with Crippen molar-refractivity contribution in [1.29, 1.82) is 0 Å². The summed E-state index contributed by atoms with van der Waals surface area (Å²) < 4.78 is 0.969. The second kappa shape index (κ2) is 6.77. The quantitative estimate of drug-likeness (QED) is 0.792. The fourth-order valence-electron chi connectivity index (χ4n) is 2.87. The van der Waals surface area contributed by atoms with Gasteiger partial charge in [-0.1, -0.05) is 58.4 Å². The predicted octanol–water partition coefficient (Wildman–Crippen LogP) is 3.89. The van der Waals surface area contributed by atoms with Gasteiger partial charge in [-0.2, -0.15) is 0 Å². The lowest BCUT2D eigenvalue weighted by Gasteiger charge is -2.21. The summed E-state index contributed by atoms with van der Waals surface area (Å²) in [5, 5.41) is 2.86. The first-order chi connectivity index (χ1) is 11.5. The Hall–Kier alpha value is -2.14. The van der Waals surface area contributed by atoms with Gasteiger partial charge in [-0.15, -0.1) is 0 Å². The number of aryl methyl sites for hydroxylation is 1. The van der Waals surface area contributed by atoms with Crippen molar-refractivity contribution in [1.82, 2.24) is 10.2 Å². The van der Waals surface area contributed by atoms with Crippen LogP contribution in [0.15, 0.2) is 59.1 Å². The summed E-state index contributed by atoms with van der Waals surface area (Å²) in [6.45, 7) is 2.09. The van der Waals surface area contributed by atoms with Gasteiger partial charge in [0.1, 0.15) is 5.54 Å². The maximum atomic E-state index is 12.8. The number of imide groups is 1. The maximum absolute atomic E-state index is 12.8. The van der Waals surface area contributed by atoms with E-state index in [1.807, 2.05) is 54.6 Å². The molecule has 1 atom stereocenters. The molecular formula is C19H19BrN2O2. The van der Waals surface area contributed by atoms with Crippen LogP contribution in [0.1, 0.15) is 24.5 Å². The van der Waals surface area contributed by atoms with E-state index in [1.165, 1.54) is 4.90 Å². The Morgan fingerprint density at radius 2 is 1.67 bits per heavy atom. The van der Waals surface area contributed by atoms with Gasteiger partial charge in [-0.3, -0.25) is 9.69 Å². The van der Waals surface area contributed by atoms with Crippen LogP contribution in [0, 0.1) is 0 Å². The van der Waals surface area contributed by atoms with Crippen LogP contribution in [0.5, 0.6) is 0 Å². The smallest absolute Gasteiger partial charge is 0.323 e. The highest BCUT2D eigenvalue weighted by Crippen LogP contribution is 2.25. The Morgan fingerprint density at radius 1 is 1.00 bits per heavy atom. The Labute approximate surface area is 150 Å². The van der Waals surface area contributed by atoms with Crippen molar-refractivity contribution < 1.29 is 9.59 Å². The van der Waals surface area contributed by atoms with E-state index in [1.54, 1.807) is 6.92 Å².